The van der Waals surface area contributed by atoms with Gasteiger partial charge in [0.05, 0.1) is 0 Å². The van der Waals surface area contributed by atoms with Gasteiger partial charge in [-0.1, -0.05) is 0 Å². The van der Waals surface area contributed by atoms with Gasteiger partial charge < -0.3 is 10.6 Å². The lowest BCUT2D eigenvalue weighted by molar-refractivity contribution is 0.154. The SMILES string of the molecule is CC1NCCC12CNC2. The summed E-state index contributed by atoms with van der Waals surface area (Å²) >= 11 is 0. The fourth-order valence-corrected chi connectivity index (χ4v) is 1.90. The molecule has 0 saturated carbocycles. The van der Waals surface area contributed by atoms with Crippen molar-refractivity contribution in [2.75, 3.05) is 19.6 Å². The van der Waals surface area contributed by atoms with Gasteiger partial charge in [0.25, 0.3) is 0 Å². The van der Waals surface area contributed by atoms with Gasteiger partial charge in [0.15, 0.2) is 0 Å². The largest absolute Gasteiger partial charge is 0.315 e. The van der Waals surface area contributed by atoms with E-state index < -0.39 is 0 Å². The maximum Gasteiger partial charge on any atom is 0.0120 e. The maximum absolute atomic E-state index is 3.47. The van der Waals surface area contributed by atoms with E-state index in [0.717, 1.165) is 6.04 Å². The Labute approximate surface area is 56.0 Å². The Balaban J connectivity index is 2.09. The van der Waals surface area contributed by atoms with E-state index in [4.69, 9.17) is 0 Å². The molecule has 2 rings (SSSR count). The quantitative estimate of drug-likeness (QED) is 0.476. The van der Waals surface area contributed by atoms with Crippen LogP contribution in [0.1, 0.15) is 13.3 Å². The van der Waals surface area contributed by atoms with Crippen LogP contribution < -0.4 is 10.6 Å². The lowest BCUT2D eigenvalue weighted by Crippen LogP contribution is -2.58. The molecule has 2 heteroatoms. The summed E-state index contributed by atoms with van der Waals surface area (Å²) in [6, 6.07) is 0.749. The first-order valence-corrected chi connectivity index (χ1v) is 3.78. The molecule has 1 atom stereocenters. The van der Waals surface area contributed by atoms with E-state index in [1.54, 1.807) is 0 Å². The summed E-state index contributed by atoms with van der Waals surface area (Å²) in [5, 5.41) is 6.81. The molecule has 0 bridgehead atoms. The average molecular weight is 126 g/mol. The number of rotatable bonds is 0. The van der Waals surface area contributed by atoms with E-state index >= 15 is 0 Å². The standard InChI is InChI=1S/C7H14N2/c1-6-7(2-3-9-6)4-8-5-7/h6,8-9H,2-5H2,1H3. The van der Waals surface area contributed by atoms with Crippen molar-refractivity contribution in [2.24, 2.45) is 5.41 Å². The molecule has 2 heterocycles. The van der Waals surface area contributed by atoms with Crippen molar-refractivity contribution >= 4 is 0 Å². The van der Waals surface area contributed by atoms with Crippen molar-refractivity contribution < 1.29 is 0 Å². The third kappa shape index (κ3) is 0.634. The molecule has 0 aliphatic carbocycles. The van der Waals surface area contributed by atoms with Crippen molar-refractivity contribution in [1.29, 1.82) is 0 Å². The average Bonchev–Trinajstić information content (AvgIpc) is 2.07. The Morgan fingerprint density at radius 3 is 2.44 bits per heavy atom. The monoisotopic (exact) mass is 126 g/mol. The molecule has 0 aromatic carbocycles. The zero-order valence-electron chi connectivity index (χ0n) is 5.91. The van der Waals surface area contributed by atoms with Crippen molar-refractivity contribution in [3.63, 3.8) is 0 Å². The second-order valence-corrected chi connectivity index (χ2v) is 3.39. The maximum atomic E-state index is 3.47. The second-order valence-electron chi connectivity index (χ2n) is 3.39. The Hall–Kier alpha value is -0.0800. The molecule has 2 N–H and O–H groups in total. The molecule has 1 spiro atoms. The third-order valence-electron chi connectivity index (χ3n) is 2.95. The fourth-order valence-electron chi connectivity index (χ4n) is 1.90. The van der Waals surface area contributed by atoms with Crippen LogP contribution in [0.4, 0.5) is 0 Å². The van der Waals surface area contributed by atoms with Gasteiger partial charge in [-0.2, -0.15) is 0 Å². The van der Waals surface area contributed by atoms with Gasteiger partial charge in [0.2, 0.25) is 0 Å². The molecule has 52 valence electrons. The zero-order chi connectivity index (χ0) is 6.32. The van der Waals surface area contributed by atoms with Gasteiger partial charge in [0.1, 0.15) is 0 Å². The van der Waals surface area contributed by atoms with E-state index in [0.29, 0.717) is 5.41 Å². The topological polar surface area (TPSA) is 24.1 Å². The van der Waals surface area contributed by atoms with Gasteiger partial charge in [-0.05, 0) is 19.9 Å². The predicted molar refractivity (Wildman–Crippen MR) is 37.4 cm³/mol. The highest BCUT2D eigenvalue weighted by Gasteiger charge is 2.44. The highest BCUT2D eigenvalue weighted by atomic mass is 15.1. The summed E-state index contributed by atoms with van der Waals surface area (Å²) in [7, 11) is 0. The first kappa shape index (κ1) is 5.69. The third-order valence-corrected chi connectivity index (χ3v) is 2.95. The highest BCUT2D eigenvalue weighted by Crippen LogP contribution is 2.34. The first-order chi connectivity index (χ1) is 4.33. The van der Waals surface area contributed by atoms with Crippen LogP contribution in [-0.2, 0) is 0 Å². The molecule has 0 aromatic heterocycles. The van der Waals surface area contributed by atoms with Crippen molar-refractivity contribution in [1.82, 2.24) is 10.6 Å². The minimum Gasteiger partial charge on any atom is -0.315 e. The Bertz CT molecular complexity index is 118. The summed E-state index contributed by atoms with van der Waals surface area (Å²) in [6.45, 7) is 6.00. The van der Waals surface area contributed by atoms with Gasteiger partial charge >= 0.3 is 0 Å². The summed E-state index contributed by atoms with van der Waals surface area (Å²) in [4.78, 5) is 0. The minimum atomic E-state index is 0.653. The molecule has 2 fully saturated rings. The minimum absolute atomic E-state index is 0.653. The van der Waals surface area contributed by atoms with Crippen LogP contribution in [0, 0.1) is 5.41 Å². The van der Waals surface area contributed by atoms with E-state index in [1.165, 1.54) is 26.1 Å². The van der Waals surface area contributed by atoms with Crippen molar-refractivity contribution in [3.8, 4) is 0 Å². The summed E-state index contributed by atoms with van der Waals surface area (Å²) in [5.74, 6) is 0. The van der Waals surface area contributed by atoms with Crippen LogP contribution in [0.25, 0.3) is 0 Å². The molecule has 2 saturated heterocycles. The smallest absolute Gasteiger partial charge is 0.0120 e. The molecular formula is C7H14N2. The molecule has 2 aliphatic rings. The first-order valence-electron chi connectivity index (χ1n) is 3.78. The Morgan fingerprint density at radius 2 is 2.22 bits per heavy atom. The number of hydrogen-bond acceptors (Lipinski definition) is 2. The van der Waals surface area contributed by atoms with Crippen LogP contribution in [0.3, 0.4) is 0 Å². The summed E-state index contributed by atoms with van der Waals surface area (Å²) < 4.78 is 0. The Kier molecular flexibility index (Phi) is 1.08. The van der Waals surface area contributed by atoms with Crippen molar-refractivity contribution in [3.05, 3.63) is 0 Å². The van der Waals surface area contributed by atoms with Gasteiger partial charge in [-0.25, -0.2) is 0 Å². The van der Waals surface area contributed by atoms with Gasteiger partial charge in [-0.15, -0.1) is 0 Å². The normalized spacial score (nSPS) is 39.0. The van der Waals surface area contributed by atoms with Crippen LogP contribution >= 0.6 is 0 Å². The zero-order valence-corrected chi connectivity index (χ0v) is 5.91. The van der Waals surface area contributed by atoms with Gasteiger partial charge in [0, 0.05) is 24.5 Å². The molecule has 0 amide bonds. The number of nitrogens with one attached hydrogen (secondary N) is 2. The van der Waals surface area contributed by atoms with Crippen molar-refractivity contribution in [2.45, 2.75) is 19.4 Å². The van der Waals surface area contributed by atoms with Crippen LogP contribution in [-0.4, -0.2) is 25.7 Å². The summed E-state index contributed by atoms with van der Waals surface area (Å²) in [5.41, 5.74) is 0.653. The molecule has 1 unspecified atom stereocenters. The lowest BCUT2D eigenvalue weighted by Gasteiger charge is -2.42. The van der Waals surface area contributed by atoms with Gasteiger partial charge in [-0.3, -0.25) is 0 Å². The molecule has 2 nitrogen and oxygen atoms in total. The van der Waals surface area contributed by atoms with E-state index in [1.807, 2.05) is 0 Å². The molecular weight excluding hydrogens is 112 g/mol. The van der Waals surface area contributed by atoms with E-state index in [2.05, 4.69) is 17.6 Å². The van der Waals surface area contributed by atoms with Crippen LogP contribution in [0.15, 0.2) is 0 Å². The van der Waals surface area contributed by atoms with Crippen LogP contribution in [0.5, 0.6) is 0 Å². The highest BCUT2D eigenvalue weighted by molar-refractivity contribution is 5.03. The molecule has 2 aliphatic heterocycles. The van der Waals surface area contributed by atoms with E-state index in [9.17, 15) is 0 Å². The van der Waals surface area contributed by atoms with E-state index in [-0.39, 0.29) is 0 Å². The second kappa shape index (κ2) is 1.70. The molecule has 9 heavy (non-hydrogen) atoms. The predicted octanol–water partition coefficient (Wildman–Crippen LogP) is -0.0422. The Morgan fingerprint density at radius 1 is 1.44 bits per heavy atom. The lowest BCUT2D eigenvalue weighted by atomic mass is 9.76. The fraction of sp³-hybridized carbons (Fsp3) is 1.00. The number of hydrogen-bond donors (Lipinski definition) is 2. The summed E-state index contributed by atoms with van der Waals surface area (Å²) in [6.07, 6.45) is 1.38. The van der Waals surface area contributed by atoms with Crippen LogP contribution in [0.2, 0.25) is 0 Å². The molecule has 0 aromatic rings. The molecule has 0 radical (unpaired) electrons.